The molecule has 0 unspecified atom stereocenters. The van der Waals surface area contributed by atoms with Crippen LogP contribution in [-0.2, 0) is 9.59 Å². The number of rotatable bonds is 3. The van der Waals surface area contributed by atoms with E-state index in [-0.39, 0.29) is 5.15 Å². The van der Waals surface area contributed by atoms with Crippen LogP contribution in [0, 0.1) is 0 Å². The molecule has 0 radical (unpaired) electrons. The van der Waals surface area contributed by atoms with Gasteiger partial charge in [0, 0.05) is 10.9 Å². The molecule has 1 aromatic heterocycles. The molecule has 0 aliphatic carbocycles. The summed E-state index contributed by atoms with van der Waals surface area (Å²) < 4.78 is 0. The van der Waals surface area contributed by atoms with E-state index in [9.17, 15) is 9.59 Å². The Bertz CT molecular complexity index is 1020. The van der Waals surface area contributed by atoms with Crippen LogP contribution in [0.25, 0.3) is 10.9 Å². The molecule has 2 amide bonds. The van der Waals surface area contributed by atoms with Crippen molar-refractivity contribution in [3.63, 3.8) is 0 Å². The van der Waals surface area contributed by atoms with Gasteiger partial charge in [-0.3, -0.25) is 9.59 Å². The first-order chi connectivity index (χ1) is 12.5. The van der Waals surface area contributed by atoms with Gasteiger partial charge in [0.1, 0.15) is 5.15 Å². The number of hydrazone groups is 1. The maximum Gasteiger partial charge on any atom is 0.329 e. The monoisotopic (exact) mass is 386 g/mol. The molecule has 0 bridgehead atoms. The average molecular weight is 387 g/mol. The van der Waals surface area contributed by atoms with Crippen molar-refractivity contribution in [2.24, 2.45) is 5.10 Å². The number of halogens is 2. The molecule has 130 valence electrons. The van der Waals surface area contributed by atoms with E-state index in [4.69, 9.17) is 23.2 Å². The third-order valence-electron chi connectivity index (χ3n) is 3.40. The SMILES string of the molecule is O=C(NN=Cc1cc2ccccc2nc1Cl)C(=O)Nc1ccccc1Cl. The summed E-state index contributed by atoms with van der Waals surface area (Å²) in [5.41, 5.74) is 3.73. The summed E-state index contributed by atoms with van der Waals surface area (Å²) in [5, 5.41) is 7.59. The molecule has 3 aromatic rings. The Morgan fingerprint density at radius 2 is 1.73 bits per heavy atom. The smallest absolute Gasteiger partial charge is 0.316 e. The molecule has 0 spiro atoms. The average Bonchev–Trinajstić information content (AvgIpc) is 2.63. The molecular weight excluding hydrogens is 375 g/mol. The molecule has 26 heavy (non-hydrogen) atoms. The zero-order valence-corrected chi connectivity index (χ0v) is 14.8. The predicted octanol–water partition coefficient (Wildman–Crippen LogP) is 3.63. The highest BCUT2D eigenvalue weighted by Gasteiger charge is 2.14. The Kier molecular flexibility index (Phi) is 5.46. The number of para-hydroxylation sites is 2. The van der Waals surface area contributed by atoms with Crippen LogP contribution in [-0.4, -0.2) is 23.0 Å². The maximum absolute atomic E-state index is 11.9. The van der Waals surface area contributed by atoms with E-state index in [2.05, 4.69) is 20.8 Å². The second kappa shape index (κ2) is 7.95. The lowest BCUT2D eigenvalue weighted by Crippen LogP contribution is -2.32. The quantitative estimate of drug-likeness (QED) is 0.312. The molecule has 1 heterocycles. The summed E-state index contributed by atoms with van der Waals surface area (Å²) in [4.78, 5) is 27.9. The third kappa shape index (κ3) is 4.17. The molecule has 0 atom stereocenters. The molecule has 2 N–H and O–H groups in total. The van der Waals surface area contributed by atoms with Gasteiger partial charge in [-0.05, 0) is 24.3 Å². The van der Waals surface area contributed by atoms with Gasteiger partial charge in [0.15, 0.2) is 0 Å². The van der Waals surface area contributed by atoms with Crippen LogP contribution in [0.2, 0.25) is 10.2 Å². The molecule has 3 rings (SSSR count). The van der Waals surface area contributed by atoms with Gasteiger partial charge in [-0.1, -0.05) is 53.5 Å². The lowest BCUT2D eigenvalue weighted by molar-refractivity contribution is -0.136. The second-order valence-corrected chi connectivity index (χ2v) is 5.96. The van der Waals surface area contributed by atoms with Gasteiger partial charge in [-0.25, -0.2) is 10.4 Å². The number of amides is 2. The van der Waals surface area contributed by atoms with Crippen LogP contribution < -0.4 is 10.7 Å². The zero-order chi connectivity index (χ0) is 18.5. The second-order valence-electron chi connectivity index (χ2n) is 5.19. The van der Waals surface area contributed by atoms with Gasteiger partial charge >= 0.3 is 11.8 Å². The summed E-state index contributed by atoms with van der Waals surface area (Å²) in [7, 11) is 0. The van der Waals surface area contributed by atoms with Crippen molar-refractivity contribution in [1.82, 2.24) is 10.4 Å². The third-order valence-corrected chi connectivity index (χ3v) is 4.03. The van der Waals surface area contributed by atoms with Crippen molar-refractivity contribution in [3.8, 4) is 0 Å². The van der Waals surface area contributed by atoms with Crippen LogP contribution >= 0.6 is 23.2 Å². The van der Waals surface area contributed by atoms with Crippen LogP contribution in [0.5, 0.6) is 0 Å². The van der Waals surface area contributed by atoms with Crippen molar-refractivity contribution in [1.29, 1.82) is 0 Å². The topological polar surface area (TPSA) is 83.5 Å². The standard InChI is InChI=1S/C18H12Cl2N4O2/c19-13-6-2-4-8-15(13)23-17(25)18(26)24-21-10-12-9-11-5-1-3-7-14(11)22-16(12)20/h1-10H,(H,23,25)(H,24,26). The number of anilines is 1. The molecule has 0 aliphatic rings. The van der Waals surface area contributed by atoms with Crippen LogP contribution in [0.1, 0.15) is 5.56 Å². The highest BCUT2D eigenvalue weighted by Crippen LogP contribution is 2.20. The Labute approximate surface area is 158 Å². The van der Waals surface area contributed by atoms with Crippen molar-refractivity contribution in [3.05, 3.63) is 70.3 Å². The Morgan fingerprint density at radius 3 is 2.54 bits per heavy atom. The van der Waals surface area contributed by atoms with Crippen LogP contribution in [0.3, 0.4) is 0 Å². The van der Waals surface area contributed by atoms with Gasteiger partial charge in [0.25, 0.3) is 0 Å². The van der Waals surface area contributed by atoms with E-state index in [1.165, 1.54) is 6.21 Å². The van der Waals surface area contributed by atoms with Crippen LogP contribution in [0.4, 0.5) is 5.69 Å². The number of carbonyl (C=O) groups excluding carboxylic acids is 2. The number of benzene rings is 2. The Balaban J connectivity index is 1.66. The number of nitrogens with zero attached hydrogens (tertiary/aromatic N) is 2. The first-order valence-electron chi connectivity index (χ1n) is 7.49. The van der Waals surface area contributed by atoms with E-state index < -0.39 is 11.8 Å². The first-order valence-corrected chi connectivity index (χ1v) is 8.24. The zero-order valence-electron chi connectivity index (χ0n) is 13.2. The van der Waals surface area contributed by atoms with E-state index in [0.717, 1.165) is 10.9 Å². The van der Waals surface area contributed by atoms with Gasteiger partial charge in [0.2, 0.25) is 0 Å². The summed E-state index contributed by atoms with van der Waals surface area (Å²) >= 11 is 12.0. The van der Waals surface area contributed by atoms with Gasteiger partial charge in [0.05, 0.1) is 22.4 Å². The van der Waals surface area contributed by atoms with E-state index in [1.807, 2.05) is 24.3 Å². The first kappa shape index (κ1) is 17.8. The minimum absolute atomic E-state index is 0.238. The maximum atomic E-state index is 11.9. The van der Waals surface area contributed by atoms with E-state index >= 15 is 0 Å². The summed E-state index contributed by atoms with van der Waals surface area (Å²) in [5.74, 6) is -1.83. The Hall–Kier alpha value is -2.96. The fourth-order valence-electron chi connectivity index (χ4n) is 2.15. The normalized spacial score (nSPS) is 10.8. The van der Waals surface area contributed by atoms with Crippen molar-refractivity contribution in [2.75, 3.05) is 5.32 Å². The van der Waals surface area contributed by atoms with Crippen molar-refractivity contribution >= 4 is 57.8 Å². The van der Waals surface area contributed by atoms with Gasteiger partial charge in [-0.2, -0.15) is 5.10 Å². The number of fused-ring (bicyclic) bond motifs is 1. The molecule has 2 aromatic carbocycles. The molecule has 0 aliphatic heterocycles. The number of hydrogen-bond acceptors (Lipinski definition) is 4. The summed E-state index contributed by atoms with van der Waals surface area (Å²) in [6.45, 7) is 0. The van der Waals surface area contributed by atoms with E-state index in [1.54, 1.807) is 30.3 Å². The highest BCUT2D eigenvalue weighted by molar-refractivity contribution is 6.41. The fraction of sp³-hybridized carbons (Fsp3) is 0. The fourth-order valence-corrected chi connectivity index (χ4v) is 2.53. The van der Waals surface area contributed by atoms with Crippen LogP contribution in [0.15, 0.2) is 59.7 Å². The molecule has 6 nitrogen and oxygen atoms in total. The highest BCUT2D eigenvalue weighted by atomic mass is 35.5. The summed E-state index contributed by atoms with van der Waals surface area (Å²) in [6.07, 6.45) is 1.32. The molecule has 0 fully saturated rings. The lowest BCUT2D eigenvalue weighted by Gasteiger charge is -2.05. The number of hydrogen-bond donors (Lipinski definition) is 2. The number of pyridine rings is 1. The molecule has 8 heteroatoms. The number of nitrogens with one attached hydrogen (secondary N) is 2. The largest absolute Gasteiger partial charge is 0.329 e. The lowest BCUT2D eigenvalue weighted by atomic mass is 10.2. The minimum Gasteiger partial charge on any atom is -0.316 e. The van der Waals surface area contributed by atoms with E-state index in [0.29, 0.717) is 16.3 Å². The van der Waals surface area contributed by atoms with Gasteiger partial charge < -0.3 is 5.32 Å². The van der Waals surface area contributed by atoms with Gasteiger partial charge in [-0.15, -0.1) is 0 Å². The number of carbonyl (C=O) groups is 2. The minimum atomic E-state index is -0.939. The molecular formula is C18H12Cl2N4O2. The molecule has 0 saturated carbocycles. The number of aromatic nitrogens is 1. The Morgan fingerprint density at radius 1 is 1.00 bits per heavy atom. The predicted molar refractivity (Wildman–Crippen MR) is 103 cm³/mol. The summed E-state index contributed by atoms with van der Waals surface area (Å²) in [6, 6.07) is 15.8. The molecule has 0 saturated heterocycles. The van der Waals surface area contributed by atoms with Crippen molar-refractivity contribution < 1.29 is 9.59 Å². The van der Waals surface area contributed by atoms with Crippen molar-refractivity contribution in [2.45, 2.75) is 0 Å².